The van der Waals surface area contributed by atoms with E-state index in [4.69, 9.17) is 0 Å². The van der Waals surface area contributed by atoms with Crippen LogP contribution in [-0.2, 0) is 4.79 Å². The second kappa shape index (κ2) is 5.71. The van der Waals surface area contributed by atoms with Crippen LogP contribution in [0.2, 0.25) is 0 Å². The highest BCUT2D eigenvalue weighted by molar-refractivity contribution is 6.04. The van der Waals surface area contributed by atoms with Crippen LogP contribution in [0.4, 0.5) is 4.79 Å². The molecular formula is C12H20ClN3O2. The molecule has 0 spiro atoms. The fourth-order valence-electron chi connectivity index (χ4n) is 2.50. The maximum atomic E-state index is 12.2. The van der Waals surface area contributed by atoms with Crippen LogP contribution >= 0.6 is 12.4 Å². The van der Waals surface area contributed by atoms with Crippen LogP contribution in [0.5, 0.6) is 0 Å². The highest BCUT2D eigenvalue weighted by Crippen LogP contribution is 2.23. The molecule has 0 aromatic carbocycles. The van der Waals surface area contributed by atoms with Crippen LogP contribution in [-0.4, -0.2) is 64.9 Å². The number of hydrogen-bond acceptors (Lipinski definition) is 3. The van der Waals surface area contributed by atoms with Gasteiger partial charge in [-0.3, -0.25) is 14.6 Å². The SMILES string of the molecule is C=CCN1CCN2C(=O)N(C(C)C)C(=O)C2C1.Cl. The second-order valence-corrected chi connectivity index (χ2v) is 4.84. The molecule has 0 radical (unpaired) electrons. The molecule has 2 rings (SSSR count). The predicted molar refractivity (Wildman–Crippen MR) is 71.8 cm³/mol. The van der Waals surface area contributed by atoms with Gasteiger partial charge in [-0.15, -0.1) is 19.0 Å². The van der Waals surface area contributed by atoms with Crippen molar-refractivity contribution in [2.75, 3.05) is 26.2 Å². The van der Waals surface area contributed by atoms with Gasteiger partial charge in [0.05, 0.1) is 0 Å². The molecule has 0 bridgehead atoms. The molecule has 2 saturated heterocycles. The smallest absolute Gasteiger partial charge is 0.310 e. The molecule has 2 aliphatic heterocycles. The second-order valence-electron chi connectivity index (χ2n) is 4.84. The zero-order valence-corrected chi connectivity index (χ0v) is 11.7. The van der Waals surface area contributed by atoms with E-state index in [0.29, 0.717) is 13.1 Å². The van der Waals surface area contributed by atoms with Crippen LogP contribution in [0.15, 0.2) is 12.7 Å². The van der Waals surface area contributed by atoms with Gasteiger partial charge < -0.3 is 4.90 Å². The lowest BCUT2D eigenvalue weighted by molar-refractivity contribution is -0.130. The highest BCUT2D eigenvalue weighted by atomic mass is 35.5. The highest BCUT2D eigenvalue weighted by Gasteiger charge is 2.48. The zero-order chi connectivity index (χ0) is 12.6. The maximum Gasteiger partial charge on any atom is 0.327 e. The third-order valence-corrected chi connectivity index (χ3v) is 3.34. The van der Waals surface area contributed by atoms with E-state index in [0.717, 1.165) is 13.1 Å². The minimum absolute atomic E-state index is 0. The van der Waals surface area contributed by atoms with E-state index in [1.807, 2.05) is 19.9 Å². The molecule has 0 N–H and O–H groups in total. The molecule has 0 aromatic heterocycles. The van der Waals surface area contributed by atoms with Gasteiger partial charge in [0.2, 0.25) is 0 Å². The number of halogens is 1. The van der Waals surface area contributed by atoms with Gasteiger partial charge in [0.1, 0.15) is 6.04 Å². The third kappa shape index (κ3) is 2.37. The van der Waals surface area contributed by atoms with Gasteiger partial charge in [-0.25, -0.2) is 4.79 Å². The molecule has 1 unspecified atom stereocenters. The molecule has 0 aliphatic carbocycles. The number of carbonyl (C=O) groups is 2. The molecule has 102 valence electrons. The number of hydrogen-bond donors (Lipinski definition) is 0. The Bertz CT molecular complexity index is 359. The summed E-state index contributed by atoms with van der Waals surface area (Å²) in [4.78, 5) is 29.4. The van der Waals surface area contributed by atoms with Crippen molar-refractivity contribution in [3.05, 3.63) is 12.7 Å². The van der Waals surface area contributed by atoms with E-state index in [1.54, 1.807) is 4.90 Å². The average molecular weight is 274 g/mol. The van der Waals surface area contributed by atoms with Crippen molar-refractivity contribution in [3.8, 4) is 0 Å². The fourth-order valence-corrected chi connectivity index (χ4v) is 2.50. The predicted octanol–water partition coefficient (Wildman–Crippen LogP) is 0.951. The van der Waals surface area contributed by atoms with Crippen molar-refractivity contribution < 1.29 is 9.59 Å². The molecule has 1 atom stereocenters. The normalized spacial score (nSPS) is 24.3. The number of nitrogens with zero attached hydrogens (tertiary/aromatic N) is 3. The van der Waals surface area contributed by atoms with Gasteiger partial charge in [0.25, 0.3) is 5.91 Å². The van der Waals surface area contributed by atoms with E-state index in [1.165, 1.54) is 4.90 Å². The van der Waals surface area contributed by atoms with Crippen LogP contribution in [0.1, 0.15) is 13.8 Å². The standard InChI is InChI=1S/C12H19N3O2.ClH/c1-4-5-13-6-7-14-10(8-13)11(16)15(9(2)3)12(14)17;/h4,9-10H,1,5-8H2,2-3H3;1H. The monoisotopic (exact) mass is 273 g/mol. The largest absolute Gasteiger partial charge is 0.327 e. The molecule has 18 heavy (non-hydrogen) atoms. The molecule has 2 aliphatic rings. The van der Waals surface area contributed by atoms with Crippen LogP contribution in [0.3, 0.4) is 0 Å². The van der Waals surface area contributed by atoms with Gasteiger partial charge >= 0.3 is 6.03 Å². The van der Waals surface area contributed by atoms with Gasteiger partial charge in [-0.2, -0.15) is 0 Å². The lowest BCUT2D eigenvalue weighted by Crippen LogP contribution is -2.52. The Morgan fingerprint density at radius 2 is 2.06 bits per heavy atom. The van der Waals surface area contributed by atoms with E-state index in [2.05, 4.69) is 11.5 Å². The first-order chi connectivity index (χ1) is 8.06. The number of fused-ring (bicyclic) bond motifs is 1. The third-order valence-electron chi connectivity index (χ3n) is 3.34. The maximum absolute atomic E-state index is 12.2. The number of amides is 3. The van der Waals surface area contributed by atoms with Crippen LogP contribution in [0.25, 0.3) is 0 Å². The molecule has 3 amide bonds. The van der Waals surface area contributed by atoms with Crippen LogP contribution < -0.4 is 0 Å². The van der Waals surface area contributed by atoms with Crippen LogP contribution in [0, 0.1) is 0 Å². The van der Waals surface area contributed by atoms with Crippen molar-refractivity contribution in [3.63, 3.8) is 0 Å². The molecule has 0 aromatic rings. The van der Waals surface area contributed by atoms with Crippen molar-refractivity contribution in [2.24, 2.45) is 0 Å². The Labute approximate surface area is 114 Å². The van der Waals surface area contributed by atoms with E-state index >= 15 is 0 Å². The van der Waals surface area contributed by atoms with Gasteiger partial charge in [0.15, 0.2) is 0 Å². The summed E-state index contributed by atoms with van der Waals surface area (Å²) in [6.45, 7) is 10.3. The Hall–Kier alpha value is -1.07. The number of rotatable bonds is 3. The molecule has 2 heterocycles. The fraction of sp³-hybridized carbons (Fsp3) is 0.667. The van der Waals surface area contributed by atoms with E-state index in [-0.39, 0.29) is 36.4 Å². The number of urea groups is 1. The zero-order valence-electron chi connectivity index (χ0n) is 10.8. The molecule has 2 fully saturated rings. The lowest BCUT2D eigenvalue weighted by Gasteiger charge is -2.34. The van der Waals surface area contributed by atoms with Gasteiger partial charge in [-0.1, -0.05) is 6.08 Å². The quantitative estimate of drug-likeness (QED) is 0.568. The Morgan fingerprint density at radius 3 is 2.61 bits per heavy atom. The summed E-state index contributed by atoms with van der Waals surface area (Å²) in [6, 6.07) is -0.486. The Balaban J connectivity index is 0.00000162. The minimum atomic E-state index is -0.293. The summed E-state index contributed by atoms with van der Waals surface area (Å²) in [5.41, 5.74) is 0. The number of imide groups is 1. The topological polar surface area (TPSA) is 43.9 Å². The molecule has 5 nitrogen and oxygen atoms in total. The van der Waals surface area contributed by atoms with Crippen molar-refractivity contribution in [2.45, 2.75) is 25.9 Å². The summed E-state index contributed by atoms with van der Waals surface area (Å²) < 4.78 is 0. The van der Waals surface area contributed by atoms with Crippen molar-refractivity contribution in [1.29, 1.82) is 0 Å². The summed E-state index contributed by atoms with van der Waals surface area (Å²) in [5, 5.41) is 0. The number of carbonyl (C=O) groups excluding carboxylic acids is 2. The summed E-state index contributed by atoms with van der Waals surface area (Å²) in [5.74, 6) is -0.0567. The molecule has 0 saturated carbocycles. The first kappa shape index (κ1) is 15.0. The lowest BCUT2D eigenvalue weighted by atomic mass is 10.2. The minimum Gasteiger partial charge on any atom is -0.310 e. The average Bonchev–Trinajstić information content (AvgIpc) is 2.52. The number of piperazine rings is 1. The first-order valence-electron chi connectivity index (χ1n) is 6.03. The summed E-state index contributed by atoms with van der Waals surface area (Å²) >= 11 is 0. The van der Waals surface area contributed by atoms with Crippen molar-refractivity contribution >= 4 is 24.3 Å². The summed E-state index contributed by atoms with van der Waals surface area (Å²) in [7, 11) is 0. The van der Waals surface area contributed by atoms with Gasteiger partial charge in [0, 0.05) is 32.2 Å². The van der Waals surface area contributed by atoms with E-state index < -0.39 is 0 Å². The summed E-state index contributed by atoms with van der Waals surface area (Å²) in [6.07, 6.45) is 1.83. The first-order valence-corrected chi connectivity index (χ1v) is 6.03. The van der Waals surface area contributed by atoms with Crippen molar-refractivity contribution in [1.82, 2.24) is 14.7 Å². The molecule has 6 heteroatoms. The Kier molecular flexibility index (Phi) is 4.76. The molecular weight excluding hydrogens is 254 g/mol. The Morgan fingerprint density at radius 1 is 1.39 bits per heavy atom. The van der Waals surface area contributed by atoms with Gasteiger partial charge in [-0.05, 0) is 13.8 Å². The van der Waals surface area contributed by atoms with E-state index in [9.17, 15) is 9.59 Å².